The first-order valence-electron chi connectivity index (χ1n) is 10.8. The summed E-state index contributed by atoms with van der Waals surface area (Å²) >= 11 is 0. The Balaban J connectivity index is 1.42. The number of nitrogens with one attached hydrogen (secondary N) is 2. The lowest BCUT2D eigenvalue weighted by Gasteiger charge is -2.12. The van der Waals surface area contributed by atoms with E-state index in [1.54, 1.807) is 0 Å². The molecular weight excluding hydrogens is 394 g/mol. The summed E-state index contributed by atoms with van der Waals surface area (Å²) in [4.78, 5) is 17.4. The van der Waals surface area contributed by atoms with Crippen LogP contribution in [0.1, 0.15) is 27.2 Å². The van der Waals surface area contributed by atoms with Crippen LogP contribution in [0.5, 0.6) is 0 Å². The lowest BCUT2D eigenvalue weighted by molar-refractivity contribution is 0.102. The maximum absolute atomic E-state index is 13.1. The summed E-state index contributed by atoms with van der Waals surface area (Å²) in [5, 5.41) is 6.42. The van der Waals surface area contributed by atoms with E-state index in [9.17, 15) is 4.79 Å². The van der Waals surface area contributed by atoms with Crippen molar-refractivity contribution >= 4 is 17.3 Å². The molecule has 4 heteroatoms. The van der Waals surface area contributed by atoms with Gasteiger partial charge in [0.1, 0.15) is 0 Å². The van der Waals surface area contributed by atoms with Crippen molar-refractivity contribution in [2.24, 2.45) is 0 Å². The van der Waals surface area contributed by atoms with Gasteiger partial charge in [0, 0.05) is 41.8 Å². The largest absolute Gasteiger partial charge is 0.385 e. The average molecular weight is 422 g/mol. The van der Waals surface area contributed by atoms with E-state index in [1.165, 1.54) is 11.1 Å². The van der Waals surface area contributed by atoms with Crippen molar-refractivity contribution in [3.63, 3.8) is 0 Å². The highest BCUT2D eigenvalue weighted by atomic mass is 16.1. The number of anilines is 2. The molecule has 0 spiro atoms. The van der Waals surface area contributed by atoms with E-state index in [4.69, 9.17) is 0 Å². The van der Waals surface area contributed by atoms with E-state index in [1.807, 2.05) is 72.9 Å². The number of aromatic nitrogens is 1. The molecule has 3 aromatic carbocycles. The van der Waals surface area contributed by atoms with Crippen molar-refractivity contribution in [2.75, 3.05) is 17.2 Å². The van der Waals surface area contributed by atoms with Crippen molar-refractivity contribution in [3.05, 3.63) is 114 Å². The van der Waals surface area contributed by atoms with Crippen LogP contribution < -0.4 is 10.6 Å². The Morgan fingerprint density at radius 2 is 1.50 bits per heavy atom. The first kappa shape index (κ1) is 21.3. The highest BCUT2D eigenvalue weighted by molar-refractivity contribution is 6.08. The third-order valence-electron chi connectivity index (χ3n) is 5.28. The quantitative estimate of drug-likeness (QED) is 0.370. The zero-order valence-electron chi connectivity index (χ0n) is 18.4. The zero-order valence-corrected chi connectivity index (χ0v) is 18.4. The second kappa shape index (κ2) is 9.92. The Labute approximate surface area is 189 Å². The van der Waals surface area contributed by atoms with Crippen molar-refractivity contribution in [2.45, 2.75) is 20.3 Å². The molecule has 0 aliphatic rings. The number of benzene rings is 3. The van der Waals surface area contributed by atoms with Gasteiger partial charge in [-0.2, -0.15) is 0 Å². The molecule has 1 amide bonds. The van der Waals surface area contributed by atoms with Gasteiger partial charge in [-0.05, 0) is 67.4 Å². The standard InChI is InChI=1S/C28H27N3O/c1-20-17-21(2)19-22(18-20)26-8-3-4-9-27(26)28(32)31-25-12-10-24(11-13-25)30-16-14-23-7-5-6-15-29-23/h3-13,15,17-19,30H,14,16H2,1-2H3,(H,31,32). The van der Waals surface area contributed by atoms with Crippen molar-refractivity contribution < 1.29 is 4.79 Å². The Bertz CT molecular complexity index is 1180. The minimum absolute atomic E-state index is 0.115. The molecule has 160 valence electrons. The molecule has 0 unspecified atom stereocenters. The summed E-state index contributed by atoms with van der Waals surface area (Å²) in [6, 6.07) is 27.8. The van der Waals surface area contributed by atoms with Gasteiger partial charge in [-0.3, -0.25) is 9.78 Å². The summed E-state index contributed by atoms with van der Waals surface area (Å²) in [5.41, 5.74) is 7.85. The van der Waals surface area contributed by atoms with Crippen LogP contribution in [-0.4, -0.2) is 17.4 Å². The predicted octanol–water partition coefficient (Wildman–Crippen LogP) is 6.27. The highest BCUT2D eigenvalue weighted by Gasteiger charge is 2.13. The predicted molar refractivity (Wildman–Crippen MR) is 132 cm³/mol. The molecule has 4 nitrogen and oxygen atoms in total. The van der Waals surface area contributed by atoms with Crippen LogP contribution >= 0.6 is 0 Å². The molecule has 0 aliphatic heterocycles. The van der Waals surface area contributed by atoms with Crippen LogP contribution in [0.15, 0.2) is 91.1 Å². The minimum atomic E-state index is -0.115. The number of aryl methyl sites for hydroxylation is 2. The molecule has 4 rings (SSSR count). The lowest BCUT2D eigenvalue weighted by atomic mass is 9.96. The van der Waals surface area contributed by atoms with E-state index in [-0.39, 0.29) is 5.91 Å². The fraction of sp³-hybridized carbons (Fsp3) is 0.143. The van der Waals surface area contributed by atoms with E-state index in [2.05, 4.69) is 47.7 Å². The van der Waals surface area contributed by atoms with Gasteiger partial charge >= 0.3 is 0 Å². The summed E-state index contributed by atoms with van der Waals surface area (Å²) in [7, 11) is 0. The molecule has 0 radical (unpaired) electrons. The van der Waals surface area contributed by atoms with Gasteiger partial charge < -0.3 is 10.6 Å². The van der Waals surface area contributed by atoms with Gasteiger partial charge in [0.2, 0.25) is 0 Å². The monoisotopic (exact) mass is 421 g/mol. The molecule has 0 saturated heterocycles. The molecule has 32 heavy (non-hydrogen) atoms. The zero-order chi connectivity index (χ0) is 22.3. The second-order valence-corrected chi connectivity index (χ2v) is 7.95. The number of hydrogen-bond donors (Lipinski definition) is 2. The molecule has 0 fully saturated rings. The van der Waals surface area contributed by atoms with E-state index >= 15 is 0 Å². The number of nitrogens with zero attached hydrogens (tertiary/aromatic N) is 1. The molecule has 1 aromatic heterocycles. The molecule has 0 atom stereocenters. The molecular formula is C28H27N3O. The molecule has 0 saturated carbocycles. The van der Waals surface area contributed by atoms with Gasteiger partial charge in [-0.1, -0.05) is 53.6 Å². The van der Waals surface area contributed by atoms with Gasteiger partial charge in [-0.25, -0.2) is 0 Å². The Morgan fingerprint density at radius 1 is 0.812 bits per heavy atom. The molecule has 0 aliphatic carbocycles. The smallest absolute Gasteiger partial charge is 0.256 e. The van der Waals surface area contributed by atoms with Gasteiger partial charge in [0.15, 0.2) is 0 Å². The fourth-order valence-electron chi connectivity index (χ4n) is 3.81. The topological polar surface area (TPSA) is 54.0 Å². The number of carbonyl (C=O) groups is 1. The SMILES string of the molecule is Cc1cc(C)cc(-c2ccccc2C(=O)Nc2ccc(NCCc3ccccn3)cc2)c1. The number of pyridine rings is 1. The Hall–Kier alpha value is -3.92. The molecule has 4 aromatic rings. The van der Waals surface area contributed by atoms with E-state index in [0.717, 1.165) is 41.2 Å². The lowest BCUT2D eigenvalue weighted by Crippen LogP contribution is -2.13. The Kier molecular flexibility index (Phi) is 6.61. The van der Waals surface area contributed by atoms with Gasteiger partial charge in [0.25, 0.3) is 5.91 Å². The third kappa shape index (κ3) is 5.41. The minimum Gasteiger partial charge on any atom is -0.385 e. The number of hydrogen-bond acceptors (Lipinski definition) is 3. The van der Waals surface area contributed by atoms with Crippen LogP contribution in [-0.2, 0) is 6.42 Å². The van der Waals surface area contributed by atoms with E-state index < -0.39 is 0 Å². The van der Waals surface area contributed by atoms with Crippen LogP contribution in [0.2, 0.25) is 0 Å². The van der Waals surface area contributed by atoms with Crippen molar-refractivity contribution in [1.82, 2.24) is 4.98 Å². The fourth-order valence-corrected chi connectivity index (χ4v) is 3.81. The van der Waals surface area contributed by atoms with Crippen LogP contribution in [0, 0.1) is 13.8 Å². The summed E-state index contributed by atoms with van der Waals surface area (Å²) in [6.45, 7) is 4.95. The first-order chi connectivity index (χ1) is 15.6. The number of amides is 1. The number of carbonyl (C=O) groups excluding carboxylic acids is 1. The maximum atomic E-state index is 13.1. The van der Waals surface area contributed by atoms with Crippen LogP contribution in [0.3, 0.4) is 0 Å². The van der Waals surface area contributed by atoms with Gasteiger partial charge in [0.05, 0.1) is 0 Å². The first-order valence-corrected chi connectivity index (χ1v) is 10.8. The van der Waals surface area contributed by atoms with E-state index in [0.29, 0.717) is 5.56 Å². The Morgan fingerprint density at radius 3 is 2.22 bits per heavy atom. The summed E-state index contributed by atoms with van der Waals surface area (Å²) in [5.74, 6) is -0.115. The summed E-state index contributed by atoms with van der Waals surface area (Å²) < 4.78 is 0. The van der Waals surface area contributed by atoms with Crippen molar-refractivity contribution in [3.8, 4) is 11.1 Å². The number of rotatable bonds is 7. The van der Waals surface area contributed by atoms with Crippen LogP contribution in [0.4, 0.5) is 11.4 Å². The maximum Gasteiger partial charge on any atom is 0.256 e. The molecule has 0 bridgehead atoms. The highest BCUT2D eigenvalue weighted by Crippen LogP contribution is 2.27. The third-order valence-corrected chi connectivity index (χ3v) is 5.28. The second-order valence-electron chi connectivity index (χ2n) is 7.95. The normalized spacial score (nSPS) is 10.6. The van der Waals surface area contributed by atoms with Crippen LogP contribution in [0.25, 0.3) is 11.1 Å². The van der Waals surface area contributed by atoms with Gasteiger partial charge in [-0.15, -0.1) is 0 Å². The molecule has 2 N–H and O–H groups in total. The average Bonchev–Trinajstić information content (AvgIpc) is 2.80. The van der Waals surface area contributed by atoms with Crippen molar-refractivity contribution in [1.29, 1.82) is 0 Å². The molecule has 1 heterocycles. The summed E-state index contributed by atoms with van der Waals surface area (Å²) in [6.07, 6.45) is 2.67.